The van der Waals surface area contributed by atoms with Crippen LogP contribution in [0.25, 0.3) is 6.08 Å². The molecule has 0 aromatic heterocycles. The van der Waals surface area contributed by atoms with Crippen LogP contribution in [0.3, 0.4) is 0 Å². The average molecular weight is 422 g/mol. The Morgan fingerprint density at radius 1 is 1.23 bits per heavy atom. The molecule has 0 radical (unpaired) electrons. The first-order valence-corrected chi connectivity index (χ1v) is 9.38. The molecule has 0 fully saturated rings. The van der Waals surface area contributed by atoms with Gasteiger partial charge in [-0.2, -0.15) is 4.99 Å². The van der Waals surface area contributed by atoms with Crippen LogP contribution < -0.4 is 4.74 Å². The summed E-state index contributed by atoms with van der Waals surface area (Å²) in [5.74, 6) is -0.187. The van der Waals surface area contributed by atoms with Gasteiger partial charge in [0.05, 0.1) is 16.2 Å². The lowest BCUT2D eigenvalue weighted by atomic mass is 10.1. The number of halogens is 1. The molecule has 1 amide bonds. The predicted molar refractivity (Wildman–Crippen MR) is 112 cm³/mol. The van der Waals surface area contributed by atoms with Gasteiger partial charge >= 0.3 is 5.97 Å². The number of carbonyl (C=O) groups is 2. The highest BCUT2D eigenvalue weighted by molar-refractivity contribution is 6.33. The van der Waals surface area contributed by atoms with Crippen molar-refractivity contribution in [1.82, 2.24) is 5.06 Å². The summed E-state index contributed by atoms with van der Waals surface area (Å²) in [6.07, 6.45) is 3.07. The van der Waals surface area contributed by atoms with E-state index in [0.717, 1.165) is 5.56 Å². The Kier molecular flexibility index (Phi) is 4.97. The van der Waals surface area contributed by atoms with Gasteiger partial charge in [0.15, 0.2) is 11.7 Å². The number of hydrogen-bond acceptors (Lipinski definition) is 5. The number of nitrogens with one attached hydrogen (secondary N) is 1. The van der Waals surface area contributed by atoms with Crippen molar-refractivity contribution in [1.29, 1.82) is 5.41 Å². The number of hydroxylamine groups is 2. The summed E-state index contributed by atoms with van der Waals surface area (Å²) in [5, 5.41) is 9.62. The van der Waals surface area contributed by atoms with Gasteiger partial charge in [0.25, 0.3) is 5.91 Å². The fraction of sp³-hybridized carbons (Fsp3) is 0.0909. The number of aryl methyl sites for hydroxylation is 1. The molecule has 2 aromatic carbocycles. The Hall–Kier alpha value is -3.71. The minimum absolute atomic E-state index is 0.0578. The average Bonchev–Trinajstić information content (AvgIpc) is 3.07. The summed E-state index contributed by atoms with van der Waals surface area (Å²) < 4.78 is 5.38. The first-order valence-electron chi connectivity index (χ1n) is 9.00. The normalized spacial score (nSPS) is 16.8. The first kappa shape index (κ1) is 19.6. The highest BCUT2D eigenvalue weighted by Gasteiger charge is 2.34. The van der Waals surface area contributed by atoms with E-state index < -0.39 is 11.9 Å². The van der Waals surface area contributed by atoms with Crippen LogP contribution in [0.15, 0.2) is 64.9 Å². The predicted octanol–water partition coefficient (Wildman–Crippen LogP) is 4.32. The fourth-order valence-electron chi connectivity index (χ4n) is 2.99. The number of ether oxygens (including phenoxy) is 1. The molecular formula is C22H16ClN3O4. The number of benzene rings is 2. The minimum Gasteiger partial charge on any atom is -0.421 e. The molecule has 30 heavy (non-hydrogen) atoms. The van der Waals surface area contributed by atoms with Crippen LogP contribution in [-0.4, -0.2) is 28.6 Å². The zero-order chi connectivity index (χ0) is 21.4. The van der Waals surface area contributed by atoms with E-state index in [1.165, 1.54) is 17.2 Å². The molecule has 4 rings (SSSR count). The van der Waals surface area contributed by atoms with Crippen LogP contribution in [-0.2, 0) is 9.63 Å². The van der Waals surface area contributed by atoms with Gasteiger partial charge < -0.3 is 9.57 Å². The standard InChI is InChI=1S/C22H16ClN3O4/c1-12-4-3-5-15(8-12)22(28)29-18-7-6-14(11-17(18)23)10-16-20(24)26-19(25-21(16)27)9-13(2)30-26/h3-11,24H,1-2H3/b16-10+,24-20?. The molecule has 2 heterocycles. The summed E-state index contributed by atoms with van der Waals surface area (Å²) >= 11 is 6.27. The summed E-state index contributed by atoms with van der Waals surface area (Å²) in [6, 6.07) is 11.7. The maximum absolute atomic E-state index is 12.3. The van der Waals surface area contributed by atoms with Crippen molar-refractivity contribution >= 4 is 41.2 Å². The molecule has 150 valence electrons. The molecule has 2 aromatic rings. The molecule has 0 bridgehead atoms. The van der Waals surface area contributed by atoms with E-state index >= 15 is 0 Å². The van der Waals surface area contributed by atoms with Crippen LogP contribution in [0.4, 0.5) is 0 Å². The van der Waals surface area contributed by atoms with Gasteiger partial charge in [-0.15, -0.1) is 5.06 Å². The third-order valence-corrected chi connectivity index (χ3v) is 4.70. The quantitative estimate of drug-likeness (QED) is 0.452. The summed E-state index contributed by atoms with van der Waals surface area (Å²) in [6.45, 7) is 3.59. The monoisotopic (exact) mass is 421 g/mol. The smallest absolute Gasteiger partial charge is 0.343 e. The largest absolute Gasteiger partial charge is 0.421 e. The van der Waals surface area contributed by atoms with Crippen LogP contribution in [0, 0.1) is 12.3 Å². The second-order valence-corrected chi connectivity index (χ2v) is 7.18. The van der Waals surface area contributed by atoms with Gasteiger partial charge in [0.2, 0.25) is 0 Å². The molecule has 0 spiro atoms. The van der Waals surface area contributed by atoms with E-state index in [0.29, 0.717) is 16.9 Å². The Labute approximate surface area is 177 Å². The van der Waals surface area contributed by atoms with E-state index in [2.05, 4.69) is 4.99 Å². The van der Waals surface area contributed by atoms with E-state index in [-0.39, 0.29) is 28.0 Å². The summed E-state index contributed by atoms with van der Waals surface area (Å²) in [5.41, 5.74) is 1.96. The van der Waals surface area contributed by atoms with Crippen molar-refractivity contribution in [3.8, 4) is 5.75 Å². The number of allylic oxidation sites excluding steroid dienone is 1. The lowest BCUT2D eigenvalue weighted by molar-refractivity contribution is -0.114. The number of aliphatic imine (C=N–C) groups is 1. The number of fused-ring (bicyclic) bond motifs is 1. The second kappa shape index (κ2) is 7.61. The Bertz CT molecular complexity index is 1200. The molecule has 0 saturated carbocycles. The van der Waals surface area contributed by atoms with E-state index in [1.807, 2.05) is 13.0 Å². The van der Waals surface area contributed by atoms with Gasteiger partial charge in [-0.25, -0.2) is 4.79 Å². The van der Waals surface area contributed by atoms with Crippen molar-refractivity contribution in [3.05, 3.63) is 81.6 Å². The molecule has 0 saturated heterocycles. The van der Waals surface area contributed by atoms with Gasteiger partial charge in [-0.05, 0) is 49.8 Å². The van der Waals surface area contributed by atoms with Crippen LogP contribution in [0.5, 0.6) is 5.75 Å². The van der Waals surface area contributed by atoms with Crippen LogP contribution in [0.2, 0.25) is 5.02 Å². The number of carbonyl (C=O) groups excluding carboxylic acids is 2. The number of esters is 1. The van der Waals surface area contributed by atoms with Crippen molar-refractivity contribution in [2.24, 2.45) is 4.99 Å². The molecule has 0 unspecified atom stereocenters. The zero-order valence-electron chi connectivity index (χ0n) is 16.1. The molecule has 2 aliphatic heterocycles. The molecule has 8 heteroatoms. The maximum atomic E-state index is 12.3. The van der Waals surface area contributed by atoms with Crippen molar-refractivity contribution < 1.29 is 19.2 Å². The van der Waals surface area contributed by atoms with E-state index in [1.54, 1.807) is 43.3 Å². The summed E-state index contributed by atoms with van der Waals surface area (Å²) in [7, 11) is 0. The van der Waals surface area contributed by atoms with Crippen molar-refractivity contribution in [3.63, 3.8) is 0 Å². The fourth-order valence-corrected chi connectivity index (χ4v) is 3.22. The van der Waals surface area contributed by atoms with E-state index in [4.69, 9.17) is 26.6 Å². The number of nitrogens with zero attached hydrogens (tertiary/aromatic N) is 2. The van der Waals surface area contributed by atoms with Gasteiger partial charge in [-0.1, -0.05) is 35.4 Å². The van der Waals surface area contributed by atoms with Gasteiger partial charge in [0.1, 0.15) is 11.5 Å². The number of amides is 1. The minimum atomic E-state index is -0.549. The third-order valence-electron chi connectivity index (χ3n) is 4.40. The molecule has 2 aliphatic rings. The highest BCUT2D eigenvalue weighted by Crippen LogP contribution is 2.29. The second-order valence-electron chi connectivity index (χ2n) is 6.77. The highest BCUT2D eigenvalue weighted by atomic mass is 35.5. The lowest BCUT2D eigenvalue weighted by Gasteiger charge is -2.23. The topological polar surface area (TPSA) is 92.0 Å². The Morgan fingerprint density at radius 2 is 2.03 bits per heavy atom. The number of amidine groups is 2. The Balaban J connectivity index is 1.56. The van der Waals surface area contributed by atoms with Crippen molar-refractivity contribution in [2.45, 2.75) is 13.8 Å². The SMILES string of the molecule is CC1=CC2=NC(=O)/C(=C/c3ccc(OC(=O)c4cccc(C)c4)c(Cl)c3)C(=N)N2O1. The maximum Gasteiger partial charge on any atom is 0.343 e. The molecule has 0 aliphatic carbocycles. The number of hydrogen-bond donors (Lipinski definition) is 1. The van der Waals surface area contributed by atoms with Crippen LogP contribution >= 0.6 is 11.6 Å². The molecular weight excluding hydrogens is 406 g/mol. The first-order chi connectivity index (χ1) is 14.3. The zero-order valence-corrected chi connectivity index (χ0v) is 16.9. The number of rotatable bonds is 3. The van der Waals surface area contributed by atoms with Crippen molar-refractivity contribution in [2.75, 3.05) is 0 Å². The van der Waals surface area contributed by atoms with E-state index in [9.17, 15) is 9.59 Å². The third kappa shape index (κ3) is 3.75. The van der Waals surface area contributed by atoms with Crippen LogP contribution in [0.1, 0.15) is 28.4 Å². The molecule has 0 atom stereocenters. The summed E-state index contributed by atoms with van der Waals surface area (Å²) in [4.78, 5) is 34.0. The van der Waals surface area contributed by atoms with Gasteiger partial charge in [0, 0.05) is 6.08 Å². The Morgan fingerprint density at radius 3 is 2.77 bits per heavy atom. The van der Waals surface area contributed by atoms with Gasteiger partial charge in [-0.3, -0.25) is 10.2 Å². The lowest BCUT2D eigenvalue weighted by Crippen LogP contribution is -2.38. The molecule has 7 nitrogen and oxygen atoms in total. The molecule has 1 N–H and O–H groups in total.